The van der Waals surface area contributed by atoms with Crippen LogP contribution in [0.5, 0.6) is 0 Å². The summed E-state index contributed by atoms with van der Waals surface area (Å²) in [6.07, 6.45) is 3.41. The van der Waals surface area contributed by atoms with Crippen LogP contribution in [0.4, 0.5) is 0 Å². The Labute approximate surface area is 177 Å². The number of pyridine rings is 1. The summed E-state index contributed by atoms with van der Waals surface area (Å²) in [5.41, 5.74) is 1.79. The van der Waals surface area contributed by atoms with Crippen LogP contribution in [0, 0.1) is 0 Å². The Morgan fingerprint density at radius 2 is 2.00 bits per heavy atom. The van der Waals surface area contributed by atoms with Crippen molar-refractivity contribution in [1.82, 2.24) is 15.0 Å². The summed E-state index contributed by atoms with van der Waals surface area (Å²) in [6, 6.07) is 9.01. The van der Waals surface area contributed by atoms with Crippen molar-refractivity contribution in [3.05, 3.63) is 69.9 Å². The summed E-state index contributed by atoms with van der Waals surface area (Å²) in [5.74, 6) is 0.426. The smallest absolute Gasteiger partial charge is 0.313 e. The molecule has 2 aromatic heterocycles. The number of aromatic nitrogens is 3. The third kappa shape index (κ3) is 5.74. The number of hydrogen-bond donors (Lipinski definition) is 1. The molecule has 0 fully saturated rings. The van der Waals surface area contributed by atoms with Crippen LogP contribution in [-0.4, -0.2) is 20.9 Å². The molecule has 146 valence electrons. The molecule has 0 saturated carbocycles. The fourth-order valence-electron chi connectivity index (χ4n) is 2.51. The maximum atomic E-state index is 12.2. The molecule has 0 saturated heterocycles. The van der Waals surface area contributed by atoms with Crippen molar-refractivity contribution in [2.45, 2.75) is 42.7 Å². The Morgan fingerprint density at radius 1 is 1.25 bits per heavy atom. The molecule has 1 aromatic carbocycles. The van der Waals surface area contributed by atoms with Crippen molar-refractivity contribution < 1.29 is 9.53 Å². The van der Waals surface area contributed by atoms with E-state index in [2.05, 4.69) is 28.8 Å². The maximum Gasteiger partial charge on any atom is 0.313 e. The van der Waals surface area contributed by atoms with Crippen LogP contribution in [0.25, 0.3) is 0 Å². The molecule has 0 aliphatic carbocycles. The minimum Gasteiger partial charge on any atom is -0.460 e. The van der Waals surface area contributed by atoms with Gasteiger partial charge >= 0.3 is 5.97 Å². The van der Waals surface area contributed by atoms with Crippen LogP contribution in [0.15, 0.2) is 52.6 Å². The standard InChI is InChI=1S/C20H19Cl2N3O2S/c1-12(2)19-20(28-16-7-14(21)6-15(22)8-16)25-17(24-19)9-18(26)27-11-13-4-3-5-23-10-13/h3-8,10,12H,9,11H2,1-2H3,(H,24,25). The van der Waals surface area contributed by atoms with E-state index in [1.807, 2.05) is 18.2 Å². The second-order valence-corrected chi connectivity index (χ2v) is 8.40. The van der Waals surface area contributed by atoms with E-state index in [-0.39, 0.29) is 24.9 Å². The molecule has 5 nitrogen and oxygen atoms in total. The highest BCUT2D eigenvalue weighted by Crippen LogP contribution is 2.35. The van der Waals surface area contributed by atoms with E-state index >= 15 is 0 Å². The van der Waals surface area contributed by atoms with Gasteiger partial charge in [-0.1, -0.05) is 54.9 Å². The summed E-state index contributed by atoms with van der Waals surface area (Å²) in [7, 11) is 0. The minimum atomic E-state index is -0.352. The van der Waals surface area contributed by atoms with Gasteiger partial charge in [0.25, 0.3) is 0 Å². The molecule has 28 heavy (non-hydrogen) atoms. The van der Waals surface area contributed by atoms with Gasteiger partial charge in [0, 0.05) is 32.9 Å². The van der Waals surface area contributed by atoms with Gasteiger partial charge < -0.3 is 9.72 Å². The van der Waals surface area contributed by atoms with Gasteiger partial charge in [-0.3, -0.25) is 9.78 Å². The topological polar surface area (TPSA) is 67.9 Å². The fourth-order valence-corrected chi connectivity index (χ4v) is 4.31. The first-order valence-corrected chi connectivity index (χ1v) is 10.2. The Morgan fingerprint density at radius 3 is 2.64 bits per heavy atom. The predicted octanol–water partition coefficient (Wildman–Crippen LogP) is 5.67. The number of rotatable bonds is 7. The minimum absolute atomic E-state index is 0.0663. The van der Waals surface area contributed by atoms with Gasteiger partial charge in [0.1, 0.15) is 23.9 Å². The van der Waals surface area contributed by atoms with E-state index in [9.17, 15) is 4.79 Å². The lowest BCUT2D eigenvalue weighted by molar-refractivity contribution is -0.144. The predicted molar refractivity (Wildman–Crippen MR) is 111 cm³/mol. The second kappa shape index (κ2) is 9.45. The highest BCUT2D eigenvalue weighted by Gasteiger charge is 2.17. The molecule has 0 atom stereocenters. The van der Waals surface area contributed by atoms with Gasteiger partial charge in [0.15, 0.2) is 0 Å². The molecule has 8 heteroatoms. The number of carbonyl (C=O) groups excluding carboxylic acids is 1. The number of hydrogen-bond acceptors (Lipinski definition) is 5. The quantitative estimate of drug-likeness (QED) is 0.483. The maximum absolute atomic E-state index is 12.2. The van der Waals surface area contributed by atoms with Crippen LogP contribution < -0.4 is 0 Å². The molecule has 3 aromatic rings. The van der Waals surface area contributed by atoms with Crippen LogP contribution in [0.3, 0.4) is 0 Å². The summed E-state index contributed by atoms with van der Waals surface area (Å²) in [5, 5.41) is 1.93. The van der Waals surface area contributed by atoms with E-state index in [1.165, 1.54) is 11.8 Å². The second-order valence-electron chi connectivity index (χ2n) is 6.46. The molecule has 0 unspecified atom stereocenters. The molecule has 0 aliphatic rings. The monoisotopic (exact) mass is 435 g/mol. The number of nitrogens with one attached hydrogen (secondary N) is 1. The number of carbonyl (C=O) groups is 1. The Hall–Kier alpha value is -2.02. The van der Waals surface area contributed by atoms with Crippen molar-refractivity contribution in [2.75, 3.05) is 0 Å². The Kier molecular flexibility index (Phi) is 6.99. The first kappa shape index (κ1) is 20.7. The SMILES string of the molecule is CC(C)c1[nH]c(CC(=O)OCc2cccnc2)nc1Sc1cc(Cl)cc(Cl)c1. The lowest BCUT2D eigenvalue weighted by Gasteiger charge is -2.06. The van der Waals surface area contributed by atoms with Crippen LogP contribution in [0.1, 0.15) is 36.8 Å². The number of nitrogens with zero attached hydrogens (tertiary/aromatic N) is 2. The largest absolute Gasteiger partial charge is 0.460 e. The zero-order valence-electron chi connectivity index (χ0n) is 15.4. The van der Waals surface area contributed by atoms with Gasteiger partial charge in [-0.2, -0.15) is 0 Å². The fraction of sp³-hybridized carbons (Fsp3) is 0.250. The first-order valence-electron chi connectivity index (χ1n) is 8.68. The molecule has 0 aliphatic heterocycles. The number of esters is 1. The van der Waals surface area contributed by atoms with Crippen molar-refractivity contribution in [2.24, 2.45) is 0 Å². The van der Waals surface area contributed by atoms with Gasteiger partial charge in [0.2, 0.25) is 0 Å². The van der Waals surface area contributed by atoms with Crippen molar-refractivity contribution in [1.29, 1.82) is 0 Å². The lowest BCUT2D eigenvalue weighted by atomic mass is 10.2. The number of H-pyrrole nitrogens is 1. The van der Waals surface area contributed by atoms with Gasteiger partial charge in [-0.25, -0.2) is 4.98 Å². The van der Waals surface area contributed by atoms with Gasteiger partial charge in [-0.05, 0) is 30.2 Å². The third-order valence-electron chi connectivity index (χ3n) is 3.81. The molecule has 0 spiro atoms. The van der Waals surface area contributed by atoms with E-state index in [0.717, 1.165) is 21.2 Å². The number of aromatic amines is 1. The van der Waals surface area contributed by atoms with E-state index in [4.69, 9.17) is 27.9 Å². The molecule has 0 bridgehead atoms. The summed E-state index contributed by atoms with van der Waals surface area (Å²) < 4.78 is 5.31. The summed E-state index contributed by atoms with van der Waals surface area (Å²) >= 11 is 13.6. The summed E-state index contributed by atoms with van der Waals surface area (Å²) in [6.45, 7) is 4.31. The highest BCUT2D eigenvalue weighted by atomic mass is 35.5. The van der Waals surface area contributed by atoms with Crippen molar-refractivity contribution >= 4 is 40.9 Å². The van der Waals surface area contributed by atoms with E-state index in [0.29, 0.717) is 15.9 Å². The molecule has 2 heterocycles. The number of halogens is 2. The average molecular weight is 436 g/mol. The zero-order valence-corrected chi connectivity index (χ0v) is 17.7. The van der Waals surface area contributed by atoms with E-state index in [1.54, 1.807) is 24.5 Å². The molecule has 3 rings (SSSR count). The molecule has 1 N–H and O–H groups in total. The highest BCUT2D eigenvalue weighted by molar-refractivity contribution is 7.99. The van der Waals surface area contributed by atoms with Crippen molar-refractivity contribution in [3.63, 3.8) is 0 Å². The Balaban J connectivity index is 1.70. The van der Waals surface area contributed by atoms with Crippen LogP contribution in [-0.2, 0) is 22.6 Å². The Bertz CT molecular complexity index is 941. The average Bonchev–Trinajstić information content (AvgIpc) is 3.02. The zero-order chi connectivity index (χ0) is 20.1. The van der Waals surface area contributed by atoms with Gasteiger partial charge in [-0.15, -0.1) is 0 Å². The van der Waals surface area contributed by atoms with E-state index < -0.39 is 0 Å². The summed E-state index contributed by atoms with van der Waals surface area (Å²) in [4.78, 5) is 24.9. The first-order chi connectivity index (χ1) is 13.4. The molecular formula is C20H19Cl2N3O2S. The third-order valence-corrected chi connectivity index (χ3v) is 5.22. The number of benzene rings is 1. The number of ether oxygens (including phenoxy) is 1. The number of imidazole rings is 1. The lowest BCUT2D eigenvalue weighted by Crippen LogP contribution is -2.09. The van der Waals surface area contributed by atoms with Crippen LogP contribution in [0.2, 0.25) is 10.0 Å². The molecule has 0 amide bonds. The molecule has 0 radical (unpaired) electrons. The van der Waals surface area contributed by atoms with Gasteiger partial charge in [0.05, 0.1) is 5.69 Å². The van der Waals surface area contributed by atoms with Crippen LogP contribution >= 0.6 is 35.0 Å². The molecular weight excluding hydrogens is 417 g/mol. The normalized spacial score (nSPS) is 11.0. The van der Waals surface area contributed by atoms with Crippen molar-refractivity contribution in [3.8, 4) is 0 Å².